The lowest BCUT2D eigenvalue weighted by atomic mass is 10.1. The van der Waals surface area contributed by atoms with Crippen LogP contribution in [0.4, 0.5) is 0 Å². The fourth-order valence-electron chi connectivity index (χ4n) is 3.63. The van der Waals surface area contributed by atoms with Crippen LogP contribution < -0.4 is 0 Å². The van der Waals surface area contributed by atoms with E-state index in [2.05, 4.69) is 46.2 Å². The third-order valence-corrected chi connectivity index (χ3v) is 9.45. The molecular formula is C24H52O7Si4. The molecule has 0 aromatic rings. The van der Waals surface area contributed by atoms with Crippen LogP contribution in [-0.4, -0.2) is 64.9 Å². The van der Waals surface area contributed by atoms with Crippen LogP contribution in [-0.2, 0) is 32.3 Å². The van der Waals surface area contributed by atoms with E-state index in [0.29, 0.717) is 16.8 Å². The van der Waals surface area contributed by atoms with Crippen molar-refractivity contribution in [3.8, 4) is 0 Å². The zero-order valence-electron chi connectivity index (χ0n) is 24.5. The zero-order chi connectivity index (χ0) is 27.6. The van der Waals surface area contributed by atoms with Gasteiger partial charge in [-0.1, -0.05) is 39.0 Å². The Morgan fingerprint density at radius 1 is 0.714 bits per heavy atom. The lowest BCUT2D eigenvalue weighted by Crippen LogP contribution is -2.67. The monoisotopic (exact) mass is 564 g/mol. The van der Waals surface area contributed by atoms with Crippen molar-refractivity contribution in [3.05, 3.63) is 12.2 Å². The van der Waals surface area contributed by atoms with Gasteiger partial charge in [0.15, 0.2) is 25.0 Å². The average molecular weight is 565 g/mol. The predicted molar refractivity (Wildman–Crippen MR) is 154 cm³/mol. The van der Waals surface area contributed by atoms with Gasteiger partial charge in [-0.3, -0.25) is 0 Å². The highest BCUT2D eigenvalue weighted by molar-refractivity contribution is 6.71. The molecule has 0 rings (SSSR count). The Morgan fingerprint density at radius 3 is 1.60 bits per heavy atom. The molecule has 35 heavy (non-hydrogen) atoms. The maximum atomic E-state index is 12.9. The van der Waals surface area contributed by atoms with Crippen molar-refractivity contribution in [2.45, 2.75) is 122 Å². The summed E-state index contributed by atoms with van der Waals surface area (Å²) in [6.07, 6.45) is 8.86. The summed E-state index contributed by atoms with van der Waals surface area (Å²) < 4.78 is 30.7. The molecule has 0 fully saturated rings. The topological polar surface area (TPSA) is 80.3 Å². The van der Waals surface area contributed by atoms with Crippen LogP contribution in [0.15, 0.2) is 12.2 Å². The number of esters is 2. The standard InChI is InChI=1S/C24H52O7Si4/c1-12-13-14-15-16-17-20-27-21(25)18-19-22(26)28-24(32,31-35(9,10)11)23(2,29-33(3,4)5)30-34(6,7)8/h18-19H,12-17,20H2,1-11,32H3. The molecule has 0 bridgehead atoms. The van der Waals surface area contributed by atoms with E-state index in [1.165, 1.54) is 19.3 Å². The van der Waals surface area contributed by atoms with Gasteiger partial charge in [0.05, 0.1) is 16.8 Å². The summed E-state index contributed by atoms with van der Waals surface area (Å²) in [5.41, 5.74) is -1.37. The molecule has 0 N–H and O–H groups in total. The van der Waals surface area contributed by atoms with Crippen LogP contribution in [0, 0.1) is 0 Å². The van der Waals surface area contributed by atoms with Crippen molar-refractivity contribution in [1.82, 2.24) is 0 Å². The smallest absolute Gasteiger partial charge is 0.333 e. The molecule has 1 unspecified atom stereocenters. The van der Waals surface area contributed by atoms with Crippen LogP contribution in [0.1, 0.15) is 52.4 Å². The SMILES string of the molecule is CCCCCCCCOC(=O)C=CC(=O)OC([SiH3])(O[Si](C)(C)C)C(C)(O[Si](C)(C)C)O[Si](C)(C)C. The van der Waals surface area contributed by atoms with Crippen molar-refractivity contribution in [2.24, 2.45) is 0 Å². The van der Waals surface area contributed by atoms with Crippen LogP contribution in [0.3, 0.4) is 0 Å². The maximum Gasteiger partial charge on any atom is 0.333 e. The lowest BCUT2D eigenvalue weighted by molar-refractivity contribution is -0.283. The number of hydrogen-bond acceptors (Lipinski definition) is 7. The first-order chi connectivity index (χ1) is 15.7. The molecule has 0 heterocycles. The molecule has 0 aliphatic heterocycles. The van der Waals surface area contributed by atoms with Crippen LogP contribution in [0.5, 0.6) is 0 Å². The molecule has 0 aromatic heterocycles. The number of carbonyl (C=O) groups is 2. The summed E-state index contributed by atoms with van der Waals surface area (Å²) in [4.78, 5) is 24.9. The lowest BCUT2D eigenvalue weighted by Gasteiger charge is -2.51. The minimum Gasteiger partial charge on any atom is -0.463 e. The molecule has 0 saturated heterocycles. The van der Waals surface area contributed by atoms with Gasteiger partial charge in [0.1, 0.15) is 0 Å². The van der Waals surface area contributed by atoms with E-state index >= 15 is 0 Å². The normalized spacial score (nSPS) is 15.3. The van der Waals surface area contributed by atoms with E-state index in [1.54, 1.807) is 0 Å². The third kappa shape index (κ3) is 16.0. The Morgan fingerprint density at radius 2 is 1.14 bits per heavy atom. The molecule has 206 valence electrons. The molecule has 0 spiro atoms. The minimum atomic E-state index is -2.19. The Labute approximate surface area is 220 Å². The summed E-state index contributed by atoms with van der Waals surface area (Å²) in [6.45, 7) is 22.9. The van der Waals surface area contributed by atoms with E-state index in [4.69, 9.17) is 22.8 Å². The molecular weight excluding hydrogens is 513 g/mol. The minimum absolute atomic E-state index is 0.311. The number of carbonyl (C=O) groups excluding carboxylic acids is 2. The van der Waals surface area contributed by atoms with Crippen molar-refractivity contribution in [1.29, 1.82) is 0 Å². The average Bonchev–Trinajstić information content (AvgIpc) is 2.60. The Kier molecular flexibility index (Phi) is 14.2. The van der Waals surface area contributed by atoms with Crippen molar-refractivity contribution in [3.63, 3.8) is 0 Å². The van der Waals surface area contributed by atoms with E-state index in [9.17, 15) is 9.59 Å². The number of unbranched alkanes of at least 4 members (excludes halogenated alkanes) is 5. The third-order valence-electron chi connectivity index (χ3n) is 4.72. The zero-order valence-corrected chi connectivity index (χ0v) is 29.5. The van der Waals surface area contributed by atoms with Gasteiger partial charge in [0.2, 0.25) is 11.2 Å². The van der Waals surface area contributed by atoms with Crippen LogP contribution in [0.2, 0.25) is 58.9 Å². The quantitative estimate of drug-likeness (QED) is 0.0782. The molecule has 0 aromatic carbocycles. The molecule has 7 nitrogen and oxygen atoms in total. The molecule has 0 radical (unpaired) electrons. The van der Waals surface area contributed by atoms with Gasteiger partial charge in [0, 0.05) is 12.2 Å². The van der Waals surface area contributed by atoms with Crippen LogP contribution >= 0.6 is 0 Å². The molecule has 11 heteroatoms. The highest BCUT2D eigenvalue weighted by atomic mass is 28.4. The van der Waals surface area contributed by atoms with Gasteiger partial charge in [-0.05, 0) is 72.3 Å². The van der Waals surface area contributed by atoms with E-state index in [-0.39, 0.29) is 0 Å². The molecule has 0 saturated carbocycles. The van der Waals surface area contributed by atoms with E-state index in [0.717, 1.165) is 31.4 Å². The first-order valence-electron chi connectivity index (χ1n) is 12.9. The van der Waals surface area contributed by atoms with Gasteiger partial charge < -0.3 is 22.8 Å². The molecule has 0 aliphatic carbocycles. The molecule has 0 aliphatic rings. The van der Waals surface area contributed by atoms with Gasteiger partial charge in [-0.15, -0.1) is 0 Å². The highest BCUT2D eigenvalue weighted by Crippen LogP contribution is 2.37. The first kappa shape index (κ1) is 34.4. The second-order valence-corrected chi connectivity index (χ2v) is 26.8. The summed E-state index contributed by atoms with van der Waals surface area (Å²) in [7, 11) is -6.12. The van der Waals surface area contributed by atoms with Gasteiger partial charge in [-0.2, -0.15) is 0 Å². The van der Waals surface area contributed by atoms with Crippen molar-refractivity contribution >= 4 is 47.1 Å². The summed E-state index contributed by atoms with van der Waals surface area (Å²) >= 11 is 0. The largest absolute Gasteiger partial charge is 0.463 e. The van der Waals surface area contributed by atoms with Crippen molar-refractivity contribution < 1.29 is 32.3 Å². The van der Waals surface area contributed by atoms with Crippen LogP contribution in [0.25, 0.3) is 0 Å². The van der Waals surface area contributed by atoms with Gasteiger partial charge >= 0.3 is 11.9 Å². The summed E-state index contributed by atoms with van der Waals surface area (Å²) in [5, 5.41) is 0. The second-order valence-electron chi connectivity index (χ2n) is 12.2. The molecule has 0 amide bonds. The maximum absolute atomic E-state index is 12.9. The predicted octanol–water partition coefficient (Wildman–Crippen LogP) is 5.28. The summed E-state index contributed by atoms with van der Waals surface area (Å²) in [5.74, 6) is -2.49. The Balaban J connectivity index is 5.46. The van der Waals surface area contributed by atoms with Crippen molar-refractivity contribution in [2.75, 3.05) is 6.61 Å². The second kappa shape index (κ2) is 14.4. The highest BCUT2D eigenvalue weighted by Gasteiger charge is 2.56. The van der Waals surface area contributed by atoms with E-state index in [1.807, 2.05) is 26.6 Å². The van der Waals surface area contributed by atoms with Gasteiger partial charge in [-0.25, -0.2) is 9.59 Å². The first-order valence-corrected chi connectivity index (χ1v) is 24.1. The summed E-state index contributed by atoms with van der Waals surface area (Å²) in [6, 6.07) is 0. The fourth-order valence-corrected chi connectivity index (χ4v) is 10.6. The fraction of sp³-hybridized carbons (Fsp3) is 0.833. The Bertz CT molecular complexity index is 677. The molecule has 1 atom stereocenters. The van der Waals surface area contributed by atoms with Gasteiger partial charge in [0.25, 0.3) is 0 Å². The number of ether oxygens (including phenoxy) is 2. The Hall–Kier alpha value is -0.572. The number of rotatable bonds is 17. The number of hydrogen-bond donors (Lipinski definition) is 0. The van der Waals surface area contributed by atoms with E-state index < -0.39 is 48.1 Å².